The van der Waals surface area contributed by atoms with Gasteiger partial charge in [0.25, 0.3) is 0 Å². The maximum Gasteiger partial charge on any atom is 0.0125 e. The summed E-state index contributed by atoms with van der Waals surface area (Å²) in [6, 6.07) is 19.9. The Balaban J connectivity index is 1.67. The van der Waals surface area contributed by atoms with E-state index in [0.29, 0.717) is 5.54 Å². The third-order valence-electron chi connectivity index (χ3n) is 4.93. The summed E-state index contributed by atoms with van der Waals surface area (Å²) in [5.41, 5.74) is 4.43. The van der Waals surface area contributed by atoms with Gasteiger partial charge in [0, 0.05) is 5.54 Å². The lowest BCUT2D eigenvalue weighted by Gasteiger charge is -2.41. The zero-order chi connectivity index (χ0) is 15.6. The van der Waals surface area contributed by atoms with Crippen molar-refractivity contribution in [3.63, 3.8) is 0 Å². The summed E-state index contributed by atoms with van der Waals surface area (Å²) in [7, 11) is 0. The molecule has 0 N–H and O–H groups in total. The molecule has 1 nitrogen and oxygen atoms in total. The van der Waals surface area contributed by atoms with Crippen LogP contribution in [0.2, 0.25) is 0 Å². The molecular formula is C21H27N. The van der Waals surface area contributed by atoms with Crippen LogP contribution >= 0.6 is 0 Å². The molecule has 1 saturated heterocycles. The number of hydrogen-bond donors (Lipinski definition) is 0. The first-order valence-corrected chi connectivity index (χ1v) is 8.44. The maximum atomic E-state index is 2.61. The molecule has 2 aromatic rings. The van der Waals surface area contributed by atoms with Crippen LogP contribution in [0.25, 0.3) is 11.1 Å². The van der Waals surface area contributed by atoms with Crippen LogP contribution in [0.15, 0.2) is 54.6 Å². The van der Waals surface area contributed by atoms with Gasteiger partial charge in [0.15, 0.2) is 0 Å². The summed E-state index contributed by atoms with van der Waals surface area (Å²) < 4.78 is 0. The number of hydrogen-bond acceptors (Lipinski definition) is 1. The minimum atomic E-state index is 0.308. The van der Waals surface area contributed by atoms with E-state index in [9.17, 15) is 0 Å². The minimum Gasteiger partial charge on any atom is -0.298 e. The van der Waals surface area contributed by atoms with E-state index in [1.54, 1.807) is 0 Å². The Hall–Kier alpha value is -1.60. The Morgan fingerprint density at radius 2 is 1.32 bits per heavy atom. The Morgan fingerprint density at radius 1 is 0.773 bits per heavy atom. The topological polar surface area (TPSA) is 3.24 Å². The van der Waals surface area contributed by atoms with Crippen molar-refractivity contribution in [2.45, 2.75) is 45.1 Å². The van der Waals surface area contributed by atoms with E-state index >= 15 is 0 Å². The van der Waals surface area contributed by atoms with Gasteiger partial charge < -0.3 is 0 Å². The quantitative estimate of drug-likeness (QED) is 0.723. The molecule has 2 aromatic carbocycles. The lowest BCUT2D eigenvalue weighted by Crippen LogP contribution is -2.45. The second-order valence-corrected chi connectivity index (χ2v) is 7.42. The lowest BCUT2D eigenvalue weighted by molar-refractivity contribution is 0.102. The largest absolute Gasteiger partial charge is 0.298 e. The fraction of sp³-hybridized carbons (Fsp3) is 0.429. The summed E-state index contributed by atoms with van der Waals surface area (Å²) in [6.07, 6.45) is 2.56. The van der Waals surface area contributed by atoms with Crippen molar-refractivity contribution in [3.8, 4) is 11.1 Å². The van der Waals surface area contributed by atoms with Crippen LogP contribution in [0.3, 0.4) is 0 Å². The first kappa shape index (κ1) is 15.3. The van der Waals surface area contributed by atoms with Gasteiger partial charge in [0.2, 0.25) is 0 Å². The Labute approximate surface area is 135 Å². The third-order valence-corrected chi connectivity index (χ3v) is 4.93. The molecule has 0 spiro atoms. The maximum absolute atomic E-state index is 2.61. The van der Waals surface area contributed by atoms with Gasteiger partial charge in [-0.1, -0.05) is 54.6 Å². The fourth-order valence-electron chi connectivity index (χ4n) is 3.46. The fourth-order valence-corrected chi connectivity index (χ4v) is 3.46. The molecule has 0 saturated carbocycles. The van der Waals surface area contributed by atoms with Crippen LogP contribution in [0.5, 0.6) is 0 Å². The highest BCUT2D eigenvalue weighted by Crippen LogP contribution is 2.32. The van der Waals surface area contributed by atoms with Crippen LogP contribution in [0.4, 0.5) is 0 Å². The van der Waals surface area contributed by atoms with Crippen molar-refractivity contribution in [1.82, 2.24) is 4.90 Å². The molecule has 0 aromatic heterocycles. The normalized spacial score (nSPS) is 17.6. The molecule has 22 heavy (non-hydrogen) atoms. The Bertz CT molecular complexity index is 584. The third kappa shape index (κ3) is 3.41. The van der Waals surface area contributed by atoms with E-state index in [1.807, 2.05) is 0 Å². The van der Waals surface area contributed by atoms with Crippen LogP contribution in [-0.2, 0) is 0 Å². The van der Waals surface area contributed by atoms with E-state index in [-0.39, 0.29) is 0 Å². The van der Waals surface area contributed by atoms with Crippen LogP contribution in [-0.4, -0.2) is 23.5 Å². The first-order chi connectivity index (χ1) is 10.5. The second-order valence-electron chi connectivity index (χ2n) is 7.42. The van der Waals surface area contributed by atoms with Crippen molar-refractivity contribution in [1.29, 1.82) is 0 Å². The predicted molar refractivity (Wildman–Crippen MR) is 95.2 cm³/mol. The molecule has 0 atom stereocenters. The zero-order valence-corrected chi connectivity index (χ0v) is 14.0. The molecule has 1 aliphatic rings. The van der Waals surface area contributed by atoms with Crippen LogP contribution in [0, 0.1) is 0 Å². The molecule has 0 unspecified atom stereocenters. The van der Waals surface area contributed by atoms with Crippen LogP contribution < -0.4 is 0 Å². The molecule has 1 heterocycles. The van der Waals surface area contributed by atoms with E-state index in [1.165, 1.54) is 42.6 Å². The van der Waals surface area contributed by atoms with Crippen molar-refractivity contribution < 1.29 is 0 Å². The van der Waals surface area contributed by atoms with Crippen molar-refractivity contribution in [2.24, 2.45) is 0 Å². The average Bonchev–Trinajstić information content (AvgIpc) is 2.55. The number of benzene rings is 2. The Morgan fingerprint density at radius 3 is 1.86 bits per heavy atom. The van der Waals surface area contributed by atoms with Gasteiger partial charge in [-0.2, -0.15) is 0 Å². The first-order valence-electron chi connectivity index (χ1n) is 8.44. The molecule has 0 radical (unpaired) electrons. The monoisotopic (exact) mass is 293 g/mol. The number of piperidine rings is 1. The molecule has 1 heteroatoms. The van der Waals surface area contributed by atoms with E-state index in [0.717, 1.165) is 5.92 Å². The molecular weight excluding hydrogens is 266 g/mol. The highest BCUT2D eigenvalue weighted by Gasteiger charge is 2.27. The van der Waals surface area contributed by atoms with Gasteiger partial charge in [-0.25, -0.2) is 0 Å². The minimum absolute atomic E-state index is 0.308. The van der Waals surface area contributed by atoms with Gasteiger partial charge in [0.1, 0.15) is 0 Å². The molecule has 1 aliphatic heterocycles. The summed E-state index contributed by atoms with van der Waals surface area (Å²) in [6.45, 7) is 9.40. The molecule has 1 fully saturated rings. The Kier molecular flexibility index (Phi) is 4.35. The summed E-state index contributed by atoms with van der Waals surface area (Å²) in [5, 5.41) is 0. The second kappa shape index (κ2) is 6.26. The van der Waals surface area contributed by atoms with E-state index in [4.69, 9.17) is 0 Å². The van der Waals surface area contributed by atoms with E-state index in [2.05, 4.69) is 80.3 Å². The SMILES string of the molecule is CC(C)(C)N1CCC(c2ccc(-c3ccccc3)cc2)CC1. The van der Waals surface area contributed by atoms with Gasteiger partial charge >= 0.3 is 0 Å². The van der Waals surface area contributed by atoms with Gasteiger partial charge in [-0.15, -0.1) is 0 Å². The summed E-state index contributed by atoms with van der Waals surface area (Å²) in [5.74, 6) is 0.725. The lowest BCUT2D eigenvalue weighted by atomic mass is 9.87. The predicted octanol–water partition coefficient (Wildman–Crippen LogP) is 5.33. The number of likely N-dealkylation sites (tertiary alicyclic amines) is 1. The van der Waals surface area contributed by atoms with E-state index < -0.39 is 0 Å². The smallest absolute Gasteiger partial charge is 0.0125 e. The number of rotatable bonds is 2. The molecule has 116 valence electrons. The highest BCUT2D eigenvalue weighted by atomic mass is 15.2. The highest BCUT2D eigenvalue weighted by molar-refractivity contribution is 5.63. The van der Waals surface area contributed by atoms with Crippen molar-refractivity contribution >= 4 is 0 Å². The van der Waals surface area contributed by atoms with Gasteiger partial charge in [-0.3, -0.25) is 4.90 Å². The van der Waals surface area contributed by atoms with Gasteiger partial charge in [-0.05, 0) is 69.3 Å². The van der Waals surface area contributed by atoms with Gasteiger partial charge in [0.05, 0.1) is 0 Å². The number of nitrogens with zero attached hydrogens (tertiary/aromatic N) is 1. The molecule has 0 amide bonds. The summed E-state index contributed by atoms with van der Waals surface area (Å²) >= 11 is 0. The van der Waals surface area contributed by atoms with Crippen molar-refractivity contribution in [3.05, 3.63) is 60.2 Å². The van der Waals surface area contributed by atoms with Crippen LogP contribution in [0.1, 0.15) is 45.1 Å². The standard InChI is InChI=1S/C21H27N/c1-21(2,3)22-15-13-20(14-16-22)19-11-9-18(10-12-19)17-7-5-4-6-8-17/h4-12,20H,13-16H2,1-3H3. The molecule has 3 rings (SSSR count). The zero-order valence-electron chi connectivity index (χ0n) is 14.0. The van der Waals surface area contributed by atoms with Crippen molar-refractivity contribution in [2.75, 3.05) is 13.1 Å². The molecule has 0 bridgehead atoms. The molecule has 0 aliphatic carbocycles. The average molecular weight is 293 g/mol. The summed E-state index contributed by atoms with van der Waals surface area (Å²) in [4.78, 5) is 2.61.